The van der Waals surface area contributed by atoms with E-state index in [1.54, 1.807) is 0 Å². The minimum atomic E-state index is -0.464. The van der Waals surface area contributed by atoms with Gasteiger partial charge in [-0.25, -0.2) is 4.39 Å². The second-order valence-electron chi connectivity index (χ2n) is 4.98. The molecule has 88 valence electrons. The quantitative estimate of drug-likeness (QED) is 0.792. The summed E-state index contributed by atoms with van der Waals surface area (Å²) in [6.07, 6.45) is 4.74. The average molecular weight is 225 g/mol. The number of pyridine rings is 1. The first-order valence-electron chi connectivity index (χ1n) is 5.45. The molecule has 2 rings (SSSR count). The number of rotatable bonds is 3. The first-order chi connectivity index (χ1) is 7.46. The van der Waals surface area contributed by atoms with E-state index >= 15 is 0 Å². The highest BCUT2D eigenvalue weighted by Crippen LogP contribution is 2.36. The van der Waals surface area contributed by atoms with Crippen LogP contribution in [0.15, 0.2) is 12.4 Å². The SMILES string of the molecule is CC(C)(C)Oc1cncc(F)c1OC1CC1. The molecule has 0 saturated heterocycles. The van der Waals surface area contributed by atoms with Gasteiger partial charge in [-0.15, -0.1) is 0 Å². The lowest BCUT2D eigenvalue weighted by atomic mass is 10.2. The van der Waals surface area contributed by atoms with Crippen LogP contribution in [-0.4, -0.2) is 16.7 Å². The molecule has 0 aromatic carbocycles. The van der Waals surface area contributed by atoms with Crippen LogP contribution in [0, 0.1) is 5.82 Å². The van der Waals surface area contributed by atoms with E-state index in [1.807, 2.05) is 20.8 Å². The van der Waals surface area contributed by atoms with Crippen molar-refractivity contribution >= 4 is 0 Å². The van der Waals surface area contributed by atoms with Crippen molar-refractivity contribution in [3.05, 3.63) is 18.2 Å². The largest absolute Gasteiger partial charge is 0.484 e. The first-order valence-corrected chi connectivity index (χ1v) is 5.45. The Bertz CT molecular complexity index is 383. The third kappa shape index (κ3) is 2.84. The molecular weight excluding hydrogens is 209 g/mol. The summed E-state index contributed by atoms with van der Waals surface area (Å²) in [6.45, 7) is 5.70. The number of hydrogen-bond donors (Lipinski definition) is 0. The predicted molar refractivity (Wildman–Crippen MR) is 58.2 cm³/mol. The van der Waals surface area contributed by atoms with Gasteiger partial charge in [0.1, 0.15) is 5.60 Å². The molecule has 16 heavy (non-hydrogen) atoms. The average Bonchev–Trinajstić information content (AvgIpc) is 2.92. The summed E-state index contributed by atoms with van der Waals surface area (Å²) in [6, 6.07) is 0. The second kappa shape index (κ2) is 3.92. The molecule has 1 aromatic rings. The Morgan fingerprint density at radius 3 is 2.56 bits per heavy atom. The Balaban J connectivity index is 2.24. The molecule has 1 aliphatic carbocycles. The van der Waals surface area contributed by atoms with E-state index in [0.717, 1.165) is 19.0 Å². The number of ether oxygens (including phenoxy) is 2. The molecule has 1 aliphatic rings. The lowest BCUT2D eigenvalue weighted by molar-refractivity contribution is 0.120. The van der Waals surface area contributed by atoms with Crippen molar-refractivity contribution in [1.82, 2.24) is 4.98 Å². The van der Waals surface area contributed by atoms with Crippen LogP contribution in [0.4, 0.5) is 4.39 Å². The van der Waals surface area contributed by atoms with E-state index in [9.17, 15) is 4.39 Å². The number of halogens is 1. The summed E-state index contributed by atoms with van der Waals surface area (Å²) in [7, 11) is 0. The van der Waals surface area contributed by atoms with Gasteiger partial charge in [0, 0.05) is 0 Å². The van der Waals surface area contributed by atoms with E-state index in [2.05, 4.69) is 4.98 Å². The maximum atomic E-state index is 13.5. The van der Waals surface area contributed by atoms with Gasteiger partial charge >= 0.3 is 0 Å². The maximum absolute atomic E-state index is 13.5. The van der Waals surface area contributed by atoms with Crippen LogP contribution in [-0.2, 0) is 0 Å². The van der Waals surface area contributed by atoms with Crippen LogP contribution in [0.2, 0.25) is 0 Å². The highest BCUT2D eigenvalue weighted by atomic mass is 19.1. The first kappa shape index (κ1) is 11.2. The van der Waals surface area contributed by atoms with Gasteiger partial charge in [0.25, 0.3) is 0 Å². The fourth-order valence-electron chi connectivity index (χ4n) is 1.27. The molecule has 0 aliphatic heterocycles. The molecule has 4 heteroatoms. The Labute approximate surface area is 94.6 Å². The lowest BCUT2D eigenvalue weighted by Gasteiger charge is -2.22. The lowest BCUT2D eigenvalue weighted by Crippen LogP contribution is -2.23. The Morgan fingerprint density at radius 2 is 2.00 bits per heavy atom. The Kier molecular flexibility index (Phi) is 2.74. The van der Waals surface area contributed by atoms with E-state index in [0.29, 0.717) is 5.75 Å². The van der Waals surface area contributed by atoms with Crippen molar-refractivity contribution in [1.29, 1.82) is 0 Å². The van der Waals surface area contributed by atoms with E-state index in [4.69, 9.17) is 9.47 Å². The van der Waals surface area contributed by atoms with Crippen molar-refractivity contribution in [3.8, 4) is 11.5 Å². The van der Waals surface area contributed by atoms with Crippen molar-refractivity contribution in [3.63, 3.8) is 0 Å². The molecule has 0 amide bonds. The second-order valence-corrected chi connectivity index (χ2v) is 4.98. The monoisotopic (exact) mass is 225 g/mol. The Hall–Kier alpha value is -1.32. The van der Waals surface area contributed by atoms with Crippen molar-refractivity contribution in [2.45, 2.75) is 45.3 Å². The zero-order chi connectivity index (χ0) is 11.8. The van der Waals surface area contributed by atoms with Gasteiger partial charge < -0.3 is 9.47 Å². The third-order valence-corrected chi connectivity index (χ3v) is 2.05. The van der Waals surface area contributed by atoms with Crippen LogP contribution in [0.5, 0.6) is 11.5 Å². The highest BCUT2D eigenvalue weighted by molar-refractivity contribution is 5.38. The smallest absolute Gasteiger partial charge is 0.200 e. The van der Waals surface area contributed by atoms with Crippen LogP contribution in [0.25, 0.3) is 0 Å². The third-order valence-electron chi connectivity index (χ3n) is 2.05. The van der Waals surface area contributed by atoms with E-state index in [1.165, 1.54) is 6.20 Å². The summed E-state index contributed by atoms with van der Waals surface area (Å²) >= 11 is 0. The zero-order valence-corrected chi connectivity index (χ0v) is 9.79. The molecule has 0 spiro atoms. The van der Waals surface area contributed by atoms with Gasteiger partial charge in [0.15, 0.2) is 11.6 Å². The van der Waals surface area contributed by atoms with Gasteiger partial charge in [-0.1, -0.05) is 0 Å². The molecule has 0 unspecified atom stereocenters. The molecule has 0 N–H and O–H groups in total. The normalized spacial score (nSPS) is 16.0. The van der Waals surface area contributed by atoms with Gasteiger partial charge in [-0.3, -0.25) is 4.98 Å². The summed E-state index contributed by atoms with van der Waals surface area (Å²) in [5.41, 5.74) is -0.392. The molecule has 1 fully saturated rings. The number of nitrogens with zero attached hydrogens (tertiary/aromatic N) is 1. The summed E-state index contributed by atoms with van der Waals surface area (Å²) in [4.78, 5) is 3.78. The van der Waals surface area contributed by atoms with E-state index in [-0.39, 0.29) is 11.9 Å². The molecule has 1 saturated carbocycles. The molecule has 1 aromatic heterocycles. The van der Waals surface area contributed by atoms with Gasteiger partial charge in [0.05, 0.1) is 18.5 Å². The van der Waals surface area contributed by atoms with Gasteiger partial charge in [-0.05, 0) is 33.6 Å². The number of hydrogen-bond acceptors (Lipinski definition) is 3. The van der Waals surface area contributed by atoms with Gasteiger partial charge in [-0.2, -0.15) is 0 Å². The molecule has 0 bridgehead atoms. The fourth-order valence-corrected chi connectivity index (χ4v) is 1.27. The van der Waals surface area contributed by atoms with Crippen LogP contribution in [0.3, 0.4) is 0 Å². The highest BCUT2D eigenvalue weighted by Gasteiger charge is 2.28. The number of aromatic nitrogens is 1. The van der Waals surface area contributed by atoms with Crippen molar-refractivity contribution in [2.75, 3.05) is 0 Å². The van der Waals surface area contributed by atoms with Crippen LogP contribution < -0.4 is 9.47 Å². The fraction of sp³-hybridized carbons (Fsp3) is 0.583. The van der Waals surface area contributed by atoms with Crippen molar-refractivity contribution in [2.24, 2.45) is 0 Å². The molecule has 0 radical (unpaired) electrons. The topological polar surface area (TPSA) is 31.4 Å². The minimum absolute atomic E-state index is 0.138. The van der Waals surface area contributed by atoms with E-state index < -0.39 is 11.4 Å². The Morgan fingerprint density at radius 1 is 1.31 bits per heavy atom. The van der Waals surface area contributed by atoms with Gasteiger partial charge in [0.2, 0.25) is 5.75 Å². The summed E-state index contributed by atoms with van der Waals surface area (Å²) < 4.78 is 24.7. The molecule has 0 atom stereocenters. The van der Waals surface area contributed by atoms with Crippen molar-refractivity contribution < 1.29 is 13.9 Å². The van der Waals surface area contributed by atoms with Crippen LogP contribution in [0.1, 0.15) is 33.6 Å². The standard InChI is InChI=1S/C12H16FNO2/c1-12(2,3)16-10-7-14-6-9(13)11(10)15-8-4-5-8/h6-8H,4-5H2,1-3H3. The molecule has 1 heterocycles. The summed E-state index contributed by atoms with van der Waals surface area (Å²) in [5.74, 6) is 0.0977. The minimum Gasteiger partial charge on any atom is -0.484 e. The predicted octanol–water partition coefficient (Wildman–Crippen LogP) is 2.94. The summed E-state index contributed by atoms with van der Waals surface area (Å²) in [5, 5.41) is 0. The molecule has 3 nitrogen and oxygen atoms in total. The zero-order valence-electron chi connectivity index (χ0n) is 9.79. The van der Waals surface area contributed by atoms with Crippen LogP contribution >= 0.6 is 0 Å². The maximum Gasteiger partial charge on any atom is 0.200 e. The molecular formula is C12H16FNO2.